The maximum atomic E-state index is 12.5. The van der Waals surface area contributed by atoms with E-state index in [-0.39, 0.29) is 17.7 Å². The van der Waals surface area contributed by atoms with Crippen LogP contribution < -0.4 is 10.1 Å². The number of piperidine rings is 1. The van der Waals surface area contributed by atoms with Crippen molar-refractivity contribution in [3.05, 3.63) is 17.6 Å². The van der Waals surface area contributed by atoms with Gasteiger partial charge in [-0.2, -0.15) is 31.3 Å². The smallest absolute Gasteiger partial charge is 0.475 e. The second-order valence-electron chi connectivity index (χ2n) is 5.04. The minimum Gasteiger partial charge on any atom is -0.475 e. The molecule has 0 saturated carbocycles. The average molecular weight is 375 g/mol. The third kappa shape index (κ3) is 7.54. The zero-order valence-corrected chi connectivity index (χ0v) is 12.9. The van der Waals surface area contributed by atoms with Crippen molar-refractivity contribution in [2.75, 3.05) is 13.1 Å². The van der Waals surface area contributed by atoms with E-state index in [4.69, 9.17) is 14.6 Å². The first kappa shape index (κ1) is 20.9. The number of ether oxygens (including phenoxy) is 1. The van der Waals surface area contributed by atoms with Gasteiger partial charge in [-0.15, -0.1) is 0 Å². The van der Waals surface area contributed by atoms with Gasteiger partial charge in [-0.25, -0.2) is 9.78 Å². The molecule has 2 rings (SSSR count). The number of halogens is 6. The number of aliphatic carboxylic acids is 1. The molecule has 1 aromatic heterocycles. The molecule has 0 aromatic carbocycles. The van der Waals surface area contributed by atoms with E-state index in [1.165, 1.54) is 13.0 Å². The highest BCUT2D eigenvalue weighted by atomic mass is 19.4. The fraction of sp³-hybridized carbons (Fsp3) is 0.615. The van der Waals surface area contributed by atoms with Crippen LogP contribution in [0.4, 0.5) is 26.3 Å². The van der Waals surface area contributed by atoms with Crippen LogP contribution in [0.15, 0.2) is 6.07 Å². The predicted molar refractivity (Wildman–Crippen MR) is 72.0 cm³/mol. The van der Waals surface area contributed by atoms with E-state index < -0.39 is 24.1 Å². The monoisotopic (exact) mass is 375 g/mol. The van der Waals surface area contributed by atoms with E-state index in [9.17, 15) is 26.3 Å². The Kier molecular flexibility index (Phi) is 6.96. The van der Waals surface area contributed by atoms with E-state index in [1.807, 2.05) is 0 Å². The Morgan fingerprint density at radius 1 is 1.20 bits per heavy atom. The molecule has 12 heteroatoms. The van der Waals surface area contributed by atoms with Crippen molar-refractivity contribution in [2.45, 2.75) is 38.2 Å². The summed E-state index contributed by atoms with van der Waals surface area (Å²) in [6.07, 6.45) is -8.17. The van der Waals surface area contributed by atoms with Crippen LogP contribution in [0, 0.1) is 6.92 Å². The number of alkyl halides is 6. The van der Waals surface area contributed by atoms with Crippen LogP contribution in [0.2, 0.25) is 0 Å². The molecule has 1 aliphatic rings. The molecule has 0 aliphatic carbocycles. The Bertz CT molecular complexity index is 585. The number of carboxylic acid groups (broad SMARTS) is 1. The molecule has 0 atom stereocenters. The highest BCUT2D eigenvalue weighted by Crippen LogP contribution is 2.28. The molecule has 0 amide bonds. The molecule has 1 aliphatic heterocycles. The highest BCUT2D eigenvalue weighted by molar-refractivity contribution is 5.73. The van der Waals surface area contributed by atoms with Gasteiger partial charge >= 0.3 is 18.3 Å². The van der Waals surface area contributed by atoms with Gasteiger partial charge in [-0.05, 0) is 32.9 Å². The first-order valence-electron chi connectivity index (χ1n) is 7.00. The van der Waals surface area contributed by atoms with Gasteiger partial charge in [0.1, 0.15) is 6.10 Å². The summed E-state index contributed by atoms with van der Waals surface area (Å²) in [7, 11) is 0. The third-order valence-electron chi connectivity index (χ3n) is 2.90. The molecule has 0 bridgehead atoms. The second-order valence-corrected chi connectivity index (χ2v) is 5.04. The van der Waals surface area contributed by atoms with Crippen molar-refractivity contribution in [1.29, 1.82) is 0 Å². The number of aromatic nitrogens is 2. The standard InChI is InChI=1S/C11H14F3N3O.C2HF3O2/c1-7-6-9(17-10(16-7)11(12,13)14)18-8-2-4-15-5-3-8;3-2(4,5)1(6)7/h6,8,15H,2-5H2,1H3;(H,6,7). The summed E-state index contributed by atoms with van der Waals surface area (Å²) in [6.45, 7) is 3.11. The van der Waals surface area contributed by atoms with Crippen LogP contribution in [0.25, 0.3) is 0 Å². The van der Waals surface area contributed by atoms with E-state index in [2.05, 4.69) is 15.3 Å². The molecule has 0 radical (unpaired) electrons. The van der Waals surface area contributed by atoms with Crippen LogP contribution in [0.5, 0.6) is 5.88 Å². The fourth-order valence-electron chi connectivity index (χ4n) is 1.81. The fourth-order valence-corrected chi connectivity index (χ4v) is 1.81. The predicted octanol–water partition coefficient (Wildman–Crippen LogP) is 2.57. The Labute approximate surface area is 138 Å². The first-order valence-corrected chi connectivity index (χ1v) is 7.00. The number of rotatable bonds is 2. The summed E-state index contributed by atoms with van der Waals surface area (Å²) in [6, 6.07) is 1.43. The zero-order chi connectivity index (χ0) is 19.3. The van der Waals surface area contributed by atoms with Crippen LogP contribution in [0.3, 0.4) is 0 Å². The molecule has 6 nitrogen and oxygen atoms in total. The van der Waals surface area contributed by atoms with Crippen molar-refractivity contribution in [3.63, 3.8) is 0 Å². The molecule has 142 valence electrons. The molecule has 25 heavy (non-hydrogen) atoms. The second kappa shape index (κ2) is 8.32. The Balaban J connectivity index is 0.000000381. The Morgan fingerprint density at radius 3 is 2.16 bits per heavy atom. The van der Waals surface area contributed by atoms with E-state index >= 15 is 0 Å². The average Bonchev–Trinajstić information content (AvgIpc) is 2.46. The molecule has 0 unspecified atom stereocenters. The number of carbonyl (C=O) groups is 1. The van der Waals surface area contributed by atoms with Crippen LogP contribution in [0.1, 0.15) is 24.4 Å². The molecule has 2 N–H and O–H groups in total. The number of carboxylic acids is 1. The van der Waals surface area contributed by atoms with E-state index in [1.54, 1.807) is 0 Å². The maximum absolute atomic E-state index is 12.5. The molecule has 2 heterocycles. The molecular weight excluding hydrogens is 360 g/mol. The topological polar surface area (TPSA) is 84.3 Å². The van der Waals surface area contributed by atoms with Gasteiger partial charge < -0.3 is 15.2 Å². The first-order chi connectivity index (χ1) is 11.4. The van der Waals surface area contributed by atoms with Gasteiger partial charge in [0, 0.05) is 11.8 Å². The Morgan fingerprint density at radius 2 is 1.72 bits per heavy atom. The largest absolute Gasteiger partial charge is 0.490 e. The number of hydrogen-bond acceptors (Lipinski definition) is 5. The number of hydrogen-bond donors (Lipinski definition) is 2. The lowest BCUT2D eigenvalue weighted by atomic mass is 10.1. The Hall–Kier alpha value is -2.11. The molecule has 1 saturated heterocycles. The lowest BCUT2D eigenvalue weighted by Gasteiger charge is -2.23. The maximum Gasteiger partial charge on any atom is 0.490 e. The van der Waals surface area contributed by atoms with Crippen LogP contribution >= 0.6 is 0 Å². The number of aryl methyl sites for hydroxylation is 1. The third-order valence-corrected chi connectivity index (χ3v) is 2.90. The summed E-state index contributed by atoms with van der Waals surface area (Å²) in [4.78, 5) is 15.7. The van der Waals surface area contributed by atoms with Crippen molar-refractivity contribution in [1.82, 2.24) is 15.3 Å². The van der Waals surface area contributed by atoms with Gasteiger partial charge in [0.2, 0.25) is 11.7 Å². The van der Waals surface area contributed by atoms with Gasteiger partial charge in [0.05, 0.1) is 0 Å². The van der Waals surface area contributed by atoms with Crippen molar-refractivity contribution >= 4 is 5.97 Å². The summed E-state index contributed by atoms with van der Waals surface area (Å²) >= 11 is 0. The van der Waals surface area contributed by atoms with E-state index in [0.717, 1.165) is 25.9 Å². The summed E-state index contributed by atoms with van der Waals surface area (Å²) in [5, 5.41) is 10.3. The zero-order valence-electron chi connectivity index (χ0n) is 12.9. The summed E-state index contributed by atoms with van der Waals surface area (Å²) < 4.78 is 74.8. The molecule has 1 fully saturated rings. The quantitative estimate of drug-likeness (QED) is 0.773. The summed E-state index contributed by atoms with van der Waals surface area (Å²) in [5.74, 6) is -3.90. The van der Waals surface area contributed by atoms with Gasteiger partial charge in [0.15, 0.2) is 0 Å². The molecule has 0 spiro atoms. The normalized spacial score (nSPS) is 16.0. The highest BCUT2D eigenvalue weighted by Gasteiger charge is 2.38. The minimum absolute atomic E-state index is 0.00160. The van der Waals surface area contributed by atoms with Gasteiger partial charge in [-0.1, -0.05) is 0 Å². The van der Waals surface area contributed by atoms with E-state index in [0.29, 0.717) is 0 Å². The van der Waals surface area contributed by atoms with Crippen molar-refractivity contribution in [2.24, 2.45) is 0 Å². The molecular formula is C13H15F6N3O3. The SMILES string of the molecule is Cc1cc(OC2CCNCC2)nc(C(F)(F)F)n1.O=C(O)C(F)(F)F. The van der Waals surface area contributed by atoms with Gasteiger partial charge in [-0.3, -0.25) is 0 Å². The molecule has 1 aromatic rings. The number of nitrogens with zero attached hydrogens (tertiary/aromatic N) is 2. The van der Waals surface area contributed by atoms with Gasteiger partial charge in [0.25, 0.3) is 0 Å². The van der Waals surface area contributed by atoms with Crippen LogP contribution in [-0.4, -0.2) is 46.4 Å². The van der Waals surface area contributed by atoms with Crippen LogP contribution in [-0.2, 0) is 11.0 Å². The summed E-state index contributed by atoms with van der Waals surface area (Å²) in [5.41, 5.74) is 0.251. The lowest BCUT2D eigenvalue weighted by molar-refractivity contribution is -0.192. The van der Waals surface area contributed by atoms with Crippen molar-refractivity contribution < 1.29 is 41.0 Å². The van der Waals surface area contributed by atoms with Crippen molar-refractivity contribution in [3.8, 4) is 5.88 Å². The lowest BCUT2D eigenvalue weighted by Crippen LogP contribution is -2.34. The minimum atomic E-state index is -5.08. The number of nitrogens with one attached hydrogen (secondary N) is 1.